The van der Waals surface area contributed by atoms with Crippen LogP contribution in [0.2, 0.25) is 0 Å². The maximum absolute atomic E-state index is 12.5. The number of carbonyl (C=O) groups excluding carboxylic acids is 1. The first-order valence-corrected chi connectivity index (χ1v) is 7.97. The number of hydrogen-bond donors (Lipinski definition) is 2. The molecule has 25 heavy (non-hydrogen) atoms. The number of nitrogens with one attached hydrogen (secondary N) is 1. The fraction of sp³-hybridized carbons (Fsp3) is 0.222. The van der Waals surface area contributed by atoms with Gasteiger partial charge >= 0.3 is 0 Å². The summed E-state index contributed by atoms with van der Waals surface area (Å²) in [5.41, 5.74) is 11.0. The van der Waals surface area contributed by atoms with Gasteiger partial charge in [-0.3, -0.25) is 15.2 Å². The highest BCUT2D eigenvalue weighted by Crippen LogP contribution is 2.25. The van der Waals surface area contributed by atoms with Crippen LogP contribution in [-0.4, -0.2) is 27.9 Å². The highest BCUT2D eigenvalue weighted by atomic mass is 16.2. The van der Waals surface area contributed by atoms with Crippen LogP contribution in [0.3, 0.4) is 0 Å². The van der Waals surface area contributed by atoms with Gasteiger partial charge in [-0.25, -0.2) is 15.0 Å². The largest absolute Gasteiger partial charge is 0.383 e. The molecule has 7 heteroatoms. The molecule has 3 N–H and O–H groups in total. The molecule has 1 aromatic carbocycles. The zero-order valence-corrected chi connectivity index (χ0v) is 14.4. The zero-order valence-electron chi connectivity index (χ0n) is 14.4. The van der Waals surface area contributed by atoms with Crippen LogP contribution in [0.4, 0.5) is 11.8 Å². The normalized spacial score (nSPS) is 10.9. The van der Waals surface area contributed by atoms with Crippen LogP contribution in [-0.2, 0) is 0 Å². The molecule has 0 aliphatic carbocycles. The SMILES string of the molecule is CC(C)c1cc2cc(C(=O)NN(C)c3ncccn3)ccc2nc1N. The molecule has 0 aliphatic rings. The molecule has 0 saturated heterocycles. The van der Waals surface area contributed by atoms with E-state index >= 15 is 0 Å². The second-order valence-electron chi connectivity index (χ2n) is 6.07. The van der Waals surface area contributed by atoms with Crippen molar-refractivity contribution in [3.8, 4) is 0 Å². The van der Waals surface area contributed by atoms with Gasteiger partial charge in [0.25, 0.3) is 5.91 Å². The number of amides is 1. The van der Waals surface area contributed by atoms with Gasteiger partial charge in [0.1, 0.15) is 5.82 Å². The van der Waals surface area contributed by atoms with E-state index in [1.54, 1.807) is 37.6 Å². The molecule has 0 spiro atoms. The minimum atomic E-state index is -0.250. The third-order valence-corrected chi connectivity index (χ3v) is 3.88. The maximum atomic E-state index is 12.5. The number of hydrogen-bond acceptors (Lipinski definition) is 6. The number of anilines is 2. The van der Waals surface area contributed by atoms with Gasteiger partial charge < -0.3 is 5.73 Å². The Morgan fingerprint density at radius 1 is 1.20 bits per heavy atom. The van der Waals surface area contributed by atoms with Gasteiger partial charge in [-0.2, -0.15) is 0 Å². The number of aromatic nitrogens is 3. The quantitative estimate of drug-likeness (QED) is 0.711. The number of nitrogen functional groups attached to an aromatic ring is 1. The Morgan fingerprint density at radius 3 is 2.60 bits per heavy atom. The second-order valence-corrected chi connectivity index (χ2v) is 6.07. The Kier molecular flexibility index (Phi) is 4.47. The van der Waals surface area contributed by atoms with Crippen LogP contribution in [0.1, 0.15) is 35.7 Å². The van der Waals surface area contributed by atoms with Crippen molar-refractivity contribution < 1.29 is 4.79 Å². The molecule has 1 amide bonds. The topological polar surface area (TPSA) is 97.0 Å². The lowest BCUT2D eigenvalue weighted by molar-refractivity contribution is 0.0951. The van der Waals surface area contributed by atoms with Gasteiger partial charge in [0.05, 0.1) is 5.52 Å². The molecule has 0 saturated carbocycles. The van der Waals surface area contributed by atoms with Crippen molar-refractivity contribution in [2.45, 2.75) is 19.8 Å². The number of pyridine rings is 1. The van der Waals surface area contributed by atoms with E-state index in [1.165, 1.54) is 5.01 Å². The molecule has 3 rings (SSSR count). The van der Waals surface area contributed by atoms with Gasteiger partial charge in [-0.05, 0) is 41.8 Å². The number of nitrogens with zero attached hydrogens (tertiary/aromatic N) is 4. The number of carbonyl (C=O) groups is 1. The summed E-state index contributed by atoms with van der Waals surface area (Å²) in [7, 11) is 1.69. The van der Waals surface area contributed by atoms with E-state index < -0.39 is 0 Å². The second kappa shape index (κ2) is 6.72. The summed E-state index contributed by atoms with van der Waals surface area (Å²) in [6.45, 7) is 4.12. The van der Waals surface area contributed by atoms with Crippen LogP contribution in [0.15, 0.2) is 42.7 Å². The lowest BCUT2D eigenvalue weighted by atomic mass is 10.0. The van der Waals surface area contributed by atoms with Crippen molar-refractivity contribution in [3.63, 3.8) is 0 Å². The zero-order chi connectivity index (χ0) is 18.0. The first-order chi connectivity index (χ1) is 12.0. The number of fused-ring (bicyclic) bond motifs is 1. The third kappa shape index (κ3) is 3.50. The molecular weight excluding hydrogens is 316 g/mol. The third-order valence-electron chi connectivity index (χ3n) is 3.88. The molecule has 7 nitrogen and oxygen atoms in total. The van der Waals surface area contributed by atoms with Gasteiger partial charge in [0, 0.05) is 30.4 Å². The van der Waals surface area contributed by atoms with Gasteiger partial charge in [0.2, 0.25) is 5.95 Å². The van der Waals surface area contributed by atoms with Crippen molar-refractivity contribution in [2.75, 3.05) is 17.8 Å². The summed E-state index contributed by atoms with van der Waals surface area (Å²) in [6.07, 6.45) is 3.23. The van der Waals surface area contributed by atoms with E-state index in [2.05, 4.69) is 34.2 Å². The molecule has 0 radical (unpaired) electrons. The molecule has 2 heterocycles. The lowest BCUT2D eigenvalue weighted by Crippen LogP contribution is -2.40. The molecule has 3 aromatic rings. The lowest BCUT2D eigenvalue weighted by Gasteiger charge is -2.18. The predicted octanol–water partition coefficient (Wildman–Crippen LogP) is 2.51. The van der Waals surface area contributed by atoms with Crippen molar-refractivity contribution in [3.05, 3.63) is 53.9 Å². The predicted molar refractivity (Wildman–Crippen MR) is 98.1 cm³/mol. The molecule has 0 aliphatic heterocycles. The maximum Gasteiger partial charge on any atom is 0.269 e. The summed E-state index contributed by atoms with van der Waals surface area (Å²) < 4.78 is 0. The Balaban J connectivity index is 1.88. The molecule has 0 unspecified atom stereocenters. The van der Waals surface area contributed by atoms with Crippen molar-refractivity contribution in [2.24, 2.45) is 0 Å². The fourth-order valence-electron chi connectivity index (χ4n) is 2.54. The van der Waals surface area contributed by atoms with Gasteiger partial charge in [0.15, 0.2) is 0 Å². The van der Waals surface area contributed by atoms with Crippen LogP contribution >= 0.6 is 0 Å². The summed E-state index contributed by atoms with van der Waals surface area (Å²) in [5, 5.41) is 2.36. The molecule has 2 aromatic heterocycles. The summed E-state index contributed by atoms with van der Waals surface area (Å²) in [4.78, 5) is 25.1. The van der Waals surface area contributed by atoms with E-state index in [9.17, 15) is 4.79 Å². The number of rotatable bonds is 4. The summed E-state index contributed by atoms with van der Waals surface area (Å²) >= 11 is 0. The molecular formula is C18H20N6O. The summed E-state index contributed by atoms with van der Waals surface area (Å²) in [5.74, 6) is 0.948. The Morgan fingerprint density at radius 2 is 1.92 bits per heavy atom. The van der Waals surface area contributed by atoms with Crippen molar-refractivity contribution in [1.82, 2.24) is 20.4 Å². The average Bonchev–Trinajstić information content (AvgIpc) is 2.61. The molecule has 0 bridgehead atoms. The summed E-state index contributed by atoms with van der Waals surface area (Å²) in [6, 6.07) is 9.03. The van der Waals surface area contributed by atoms with E-state index in [4.69, 9.17) is 5.73 Å². The fourth-order valence-corrected chi connectivity index (χ4v) is 2.54. The van der Waals surface area contributed by atoms with Crippen LogP contribution in [0, 0.1) is 0 Å². The minimum Gasteiger partial charge on any atom is -0.383 e. The molecule has 128 valence electrons. The van der Waals surface area contributed by atoms with E-state index in [0.29, 0.717) is 17.3 Å². The Bertz CT molecular complexity index is 910. The van der Waals surface area contributed by atoms with Crippen molar-refractivity contribution >= 4 is 28.6 Å². The van der Waals surface area contributed by atoms with Crippen LogP contribution < -0.4 is 16.2 Å². The standard InChI is InChI=1S/C18H20N6O/c1-11(2)14-10-13-9-12(5-6-15(13)22-16(14)19)17(25)23-24(3)18-20-7-4-8-21-18/h4-11H,1-3H3,(H2,19,22)(H,23,25). The van der Waals surface area contributed by atoms with Crippen LogP contribution in [0.5, 0.6) is 0 Å². The monoisotopic (exact) mass is 336 g/mol. The van der Waals surface area contributed by atoms with E-state index in [0.717, 1.165) is 16.5 Å². The first-order valence-electron chi connectivity index (χ1n) is 7.97. The van der Waals surface area contributed by atoms with E-state index in [-0.39, 0.29) is 11.8 Å². The van der Waals surface area contributed by atoms with E-state index in [1.807, 2.05) is 12.1 Å². The number of nitrogens with two attached hydrogens (primary N) is 1. The average molecular weight is 336 g/mol. The smallest absolute Gasteiger partial charge is 0.269 e. The minimum absolute atomic E-state index is 0.250. The van der Waals surface area contributed by atoms with Gasteiger partial charge in [-0.1, -0.05) is 13.8 Å². The highest BCUT2D eigenvalue weighted by Gasteiger charge is 2.13. The number of benzene rings is 1. The molecule has 0 fully saturated rings. The number of hydrazine groups is 1. The molecule has 0 atom stereocenters. The van der Waals surface area contributed by atoms with Crippen LogP contribution in [0.25, 0.3) is 10.9 Å². The van der Waals surface area contributed by atoms with Crippen molar-refractivity contribution in [1.29, 1.82) is 0 Å². The Labute approximate surface area is 145 Å². The highest BCUT2D eigenvalue weighted by molar-refractivity contribution is 5.98. The first kappa shape index (κ1) is 16.6. The Hall–Kier alpha value is -3.22. The van der Waals surface area contributed by atoms with Gasteiger partial charge in [-0.15, -0.1) is 0 Å².